The van der Waals surface area contributed by atoms with Crippen LogP contribution in [0.3, 0.4) is 0 Å². The number of ether oxygens (including phenoxy) is 1. The summed E-state index contributed by atoms with van der Waals surface area (Å²) in [6.45, 7) is 5.89. The molecule has 6 nitrogen and oxygen atoms in total. The first kappa shape index (κ1) is 23.3. The number of nitrogens with zero attached hydrogens (tertiary/aromatic N) is 5. The third-order valence-electron chi connectivity index (χ3n) is 6.34. The molecule has 35 heavy (non-hydrogen) atoms. The number of hydrogen-bond acceptors (Lipinski definition) is 5. The van der Waals surface area contributed by atoms with Gasteiger partial charge in [0, 0.05) is 56.2 Å². The Balaban J connectivity index is 1.25. The Bertz CT molecular complexity index is 1280. The zero-order chi connectivity index (χ0) is 24.4. The molecule has 182 valence electrons. The van der Waals surface area contributed by atoms with Gasteiger partial charge < -0.3 is 9.64 Å². The van der Waals surface area contributed by atoms with Crippen molar-refractivity contribution >= 4 is 5.65 Å². The normalized spacial score (nSPS) is 15.5. The van der Waals surface area contributed by atoms with Gasteiger partial charge in [0.1, 0.15) is 12.4 Å². The SMILES string of the molecule is CN1CCN(CCOc2ccc(-c3cnc4c(-c5ccc(C(F)(F)F)cc5)cnn4c3)cc2)CC1. The van der Waals surface area contributed by atoms with Crippen LogP contribution < -0.4 is 4.74 Å². The predicted octanol–water partition coefficient (Wildman–Crippen LogP) is 4.71. The second kappa shape index (κ2) is 9.67. The molecule has 0 amide bonds. The Labute approximate surface area is 201 Å². The molecular weight excluding hydrogens is 455 g/mol. The van der Waals surface area contributed by atoms with Gasteiger partial charge in [-0.2, -0.15) is 18.3 Å². The maximum absolute atomic E-state index is 12.9. The van der Waals surface area contributed by atoms with Gasteiger partial charge >= 0.3 is 6.18 Å². The van der Waals surface area contributed by atoms with Crippen LogP contribution in [0.25, 0.3) is 27.9 Å². The van der Waals surface area contributed by atoms with Crippen LogP contribution in [0.4, 0.5) is 13.2 Å². The maximum Gasteiger partial charge on any atom is 0.416 e. The van der Waals surface area contributed by atoms with E-state index in [9.17, 15) is 13.2 Å². The van der Waals surface area contributed by atoms with Gasteiger partial charge in [0.25, 0.3) is 0 Å². The molecule has 0 saturated carbocycles. The molecule has 1 aliphatic heterocycles. The smallest absolute Gasteiger partial charge is 0.416 e. The second-order valence-electron chi connectivity index (χ2n) is 8.76. The highest BCUT2D eigenvalue weighted by Crippen LogP contribution is 2.32. The number of halogens is 3. The minimum atomic E-state index is -4.36. The number of likely N-dealkylation sites (N-methyl/N-ethyl adjacent to an activating group) is 1. The monoisotopic (exact) mass is 481 g/mol. The lowest BCUT2D eigenvalue weighted by atomic mass is 10.1. The molecule has 1 saturated heterocycles. The molecule has 0 N–H and O–H groups in total. The summed E-state index contributed by atoms with van der Waals surface area (Å²) in [5.41, 5.74) is 3.05. The van der Waals surface area contributed by atoms with Crippen molar-refractivity contribution < 1.29 is 17.9 Å². The Morgan fingerprint density at radius 2 is 1.54 bits per heavy atom. The quantitative estimate of drug-likeness (QED) is 0.399. The van der Waals surface area contributed by atoms with Gasteiger partial charge in [-0.3, -0.25) is 4.90 Å². The highest BCUT2D eigenvalue weighted by Gasteiger charge is 2.30. The molecule has 9 heteroatoms. The van der Waals surface area contributed by atoms with Crippen molar-refractivity contribution in [1.29, 1.82) is 0 Å². The fourth-order valence-electron chi connectivity index (χ4n) is 4.17. The number of fused-ring (bicyclic) bond motifs is 1. The van der Waals surface area contributed by atoms with Crippen LogP contribution in [0.5, 0.6) is 5.75 Å². The Hall–Kier alpha value is -3.43. The number of aromatic nitrogens is 3. The van der Waals surface area contributed by atoms with E-state index >= 15 is 0 Å². The number of hydrogen-bond donors (Lipinski definition) is 0. The first-order chi connectivity index (χ1) is 16.9. The van der Waals surface area contributed by atoms with E-state index in [1.54, 1.807) is 16.9 Å². The summed E-state index contributed by atoms with van der Waals surface area (Å²) in [4.78, 5) is 9.28. The van der Waals surface area contributed by atoms with Crippen LogP contribution in [0.1, 0.15) is 5.56 Å². The molecule has 0 spiro atoms. The minimum absolute atomic E-state index is 0.581. The molecule has 0 bridgehead atoms. The number of alkyl halides is 3. The van der Waals surface area contributed by atoms with Gasteiger partial charge in [0.15, 0.2) is 5.65 Å². The third kappa shape index (κ3) is 5.31. The average molecular weight is 482 g/mol. The molecule has 0 atom stereocenters. The molecule has 0 aliphatic carbocycles. The van der Waals surface area contributed by atoms with E-state index in [1.165, 1.54) is 12.1 Å². The highest BCUT2D eigenvalue weighted by molar-refractivity contribution is 5.78. The fourth-order valence-corrected chi connectivity index (χ4v) is 4.17. The van der Waals surface area contributed by atoms with Crippen LogP contribution in [0, 0.1) is 0 Å². The number of rotatable bonds is 6. The molecular formula is C26H26F3N5O. The lowest BCUT2D eigenvalue weighted by molar-refractivity contribution is -0.137. The van der Waals surface area contributed by atoms with Crippen molar-refractivity contribution in [2.75, 3.05) is 46.4 Å². The van der Waals surface area contributed by atoms with Crippen LogP contribution >= 0.6 is 0 Å². The van der Waals surface area contributed by atoms with Gasteiger partial charge in [-0.05, 0) is 42.4 Å². The largest absolute Gasteiger partial charge is 0.492 e. The van der Waals surface area contributed by atoms with Crippen molar-refractivity contribution in [1.82, 2.24) is 24.4 Å². The summed E-state index contributed by atoms with van der Waals surface area (Å²) in [6.07, 6.45) is 0.858. The summed E-state index contributed by atoms with van der Waals surface area (Å²) >= 11 is 0. The molecule has 4 aromatic rings. The molecule has 3 heterocycles. The highest BCUT2D eigenvalue weighted by atomic mass is 19.4. The number of piperazine rings is 1. The zero-order valence-electron chi connectivity index (χ0n) is 19.4. The Morgan fingerprint density at radius 3 is 2.23 bits per heavy atom. The molecule has 5 rings (SSSR count). The zero-order valence-corrected chi connectivity index (χ0v) is 19.4. The van der Waals surface area contributed by atoms with Gasteiger partial charge in [-0.15, -0.1) is 0 Å². The Morgan fingerprint density at radius 1 is 0.857 bits per heavy atom. The van der Waals surface area contributed by atoms with Gasteiger partial charge in [0.05, 0.1) is 11.8 Å². The first-order valence-electron chi connectivity index (χ1n) is 11.5. The van der Waals surface area contributed by atoms with Crippen LogP contribution in [-0.2, 0) is 6.18 Å². The first-order valence-corrected chi connectivity index (χ1v) is 11.5. The van der Waals surface area contributed by atoms with E-state index in [1.807, 2.05) is 30.5 Å². The predicted molar refractivity (Wildman–Crippen MR) is 128 cm³/mol. The van der Waals surface area contributed by atoms with E-state index in [0.29, 0.717) is 23.4 Å². The standard InChI is InChI=1S/C26H26F3N5O/c1-32-10-12-33(13-11-32)14-15-35-23-8-4-19(5-9-23)21-16-30-25-24(17-31-34(25)18-21)20-2-6-22(7-3-20)26(27,28)29/h2-9,16-18H,10-15H2,1H3. The van der Waals surface area contributed by atoms with Crippen molar-refractivity contribution in [3.05, 3.63) is 72.7 Å². The molecule has 2 aromatic heterocycles. The van der Waals surface area contributed by atoms with Crippen molar-refractivity contribution in [3.63, 3.8) is 0 Å². The van der Waals surface area contributed by atoms with Crippen molar-refractivity contribution in [2.24, 2.45) is 0 Å². The summed E-state index contributed by atoms with van der Waals surface area (Å²) in [7, 11) is 2.15. The molecule has 2 aromatic carbocycles. The lowest BCUT2D eigenvalue weighted by Gasteiger charge is -2.32. The maximum atomic E-state index is 12.9. The Kier molecular flexibility index (Phi) is 6.44. The van der Waals surface area contributed by atoms with Crippen molar-refractivity contribution in [2.45, 2.75) is 6.18 Å². The van der Waals surface area contributed by atoms with Gasteiger partial charge in [-0.25, -0.2) is 9.50 Å². The molecule has 1 aliphatic rings. The second-order valence-corrected chi connectivity index (χ2v) is 8.76. The minimum Gasteiger partial charge on any atom is -0.492 e. The molecule has 0 radical (unpaired) electrons. The average Bonchev–Trinajstić information content (AvgIpc) is 3.29. The van der Waals surface area contributed by atoms with E-state index < -0.39 is 11.7 Å². The van der Waals surface area contributed by atoms with E-state index in [4.69, 9.17) is 4.74 Å². The number of benzene rings is 2. The molecule has 0 unspecified atom stereocenters. The van der Waals surface area contributed by atoms with E-state index in [2.05, 4.69) is 26.9 Å². The van der Waals surface area contributed by atoms with E-state index in [-0.39, 0.29) is 0 Å². The third-order valence-corrected chi connectivity index (χ3v) is 6.34. The van der Waals surface area contributed by atoms with Crippen LogP contribution in [-0.4, -0.2) is 70.8 Å². The summed E-state index contributed by atoms with van der Waals surface area (Å²) in [5.74, 6) is 0.820. The van der Waals surface area contributed by atoms with Crippen LogP contribution in [0.15, 0.2) is 67.1 Å². The summed E-state index contributed by atoms with van der Waals surface area (Å²) in [5, 5.41) is 4.36. The topological polar surface area (TPSA) is 45.9 Å². The van der Waals surface area contributed by atoms with E-state index in [0.717, 1.165) is 61.7 Å². The lowest BCUT2D eigenvalue weighted by Crippen LogP contribution is -2.45. The van der Waals surface area contributed by atoms with Gasteiger partial charge in [0.2, 0.25) is 0 Å². The molecule has 1 fully saturated rings. The fraction of sp³-hybridized carbons (Fsp3) is 0.308. The van der Waals surface area contributed by atoms with Gasteiger partial charge in [-0.1, -0.05) is 24.3 Å². The van der Waals surface area contributed by atoms with Crippen LogP contribution in [0.2, 0.25) is 0 Å². The summed E-state index contributed by atoms with van der Waals surface area (Å²) < 4.78 is 46.1. The van der Waals surface area contributed by atoms with Crippen molar-refractivity contribution in [3.8, 4) is 28.0 Å². The summed E-state index contributed by atoms with van der Waals surface area (Å²) in [6, 6.07) is 12.9.